The molecule has 0 aliphatic carbocycles. The summed E-state index contributed by atoms with van der Waals surface area (Å²) in [6.45, 7) is 6.56. The molecule has 4 heteroatoms. The number of aromatic nitrogens is 1. The molecule has 0 saturated carbocycles. The van der Waals surface area contributed by atoms with Gasteiger partial charge in [-0.2, -0.15) is 5.26 Å². The quantitative estimate of drug-likeness (QED) is 0.617. The third-order valence-electron chi connectivity index (χ3n) is 5.70. The Kier molecular flexibility index (Phi) is 5.27. The SMILES string of the molecule is Cc1oc(-c2ccc(-c3ccc(C#N)cc3)cc2)nc1CCN1CCCC1C. The number of nitriles is 1. The molecule has 1 atom stereocenters. The summed E-state index contributed by atoms with van der Waals surface area (Å²) < 4.78 is 5.95. The Morgan fingerprint density at radius 1 is 1.07 bits per heavy atom. The van der Waals surface area contributed by atoms with Crippen LogP contribution in [0, 0.1) is 18.3 Å². The molecule has 2 aromatic carbocycles. The van der Waals surface area contributed by atoms with Gasteiger partial charge in [0.05, 0.1) is 17.3 Å². The van der Waals surface area contributed by atoms with Crippen molar-refractivity contribution < 1.29 is 4.42 Å². The van der Waals surface area contributed by atoms with Gasteiger partial charge in [-0.25, -0.2) is 4.98 Å². The Hall–Kier alpha value is -2.90. The van der Waals surface area contributed by atoms with Crippen LogP contribution in [-0.2, 0) is 6.42 Å². The lowest BCUT2D eigenvalue weighted by molar-refractivity contribution is 0.271. The second kappa shape index (κ2) is 8.00. The van der Waals surface area contributed by atoms with E-state index in [1.54, 1.807) is 0 Å². The van der Waals surface area contributed by atoms with Gasteiger partial charge in [-0.3, -0.25) is 0 Å². The predicted molar refractivity (Wildman–Crippen MR) is 111 cm³/mol. The van der Waals surface area contributed by atoms with E-state index in [-0.39, 0.29) is 0 Å². The molecule has 0 spiro atoms. The van der Waals surface area contributed by atoms with E-state index >= 15 is 0 Å². The van der Waals surface area contributed by atoms with Gasteiger partial charge in [-0.05, 0) is 68.6 Å². The normalized spacial score (nSPS) is 17.0. The molecule has 1 aromatic heterocycles. The van der Waals surface area contributed by atoms with Gasteiger partial charge in [-0.15, -0.1) is 0 Å². The Morgan fingerprint density at radius 2 is 1.71 bits per heavy atom. The third kappa shape index (κ3) is 3.85. The zero-order valence-corrected chi connectivity index (χ0v) is 16.5. The van der Waals surface area contributed by atoms with Gasteiger partial charge in [0, 0.05) is 24.6 Å². The van der Waals surface area contributed by atoms with Gasteiger partial charge in [0.1, 0.15) is 5.76 Å². The van der Waals surface area contributed by atoms with Gasteiger partial charge in [0.2, 0.25) is 5.89 Å². The minimum Gasteiger partial charge on any atom is -0.441 e. The topological polar surface area (TPSA) is 53.1 Å². The summed E-state index contributed by atoms with van der Waals surface area (Å²) in [4.78, 5) is 7.30. The van der Waals surface area contributed by atoms with Crippen LogP contribution in [-0.4, -0.2) is 29.0 Å². The van der Waals surface area contributed by atoms with Crippen LogP contribution < -0.4 is 0 Å². The minimum absolute atomic E-state index is 0.673. The molecule has 0 radical (unpaired) electrons. The first-order valence-electron chi connectivity index (χ1n) is 9.95. The number of hydrogen-bond donors (Lipinski definition) is 0. The van der Waals surface area contributed by atoms with Crippen LogP contribution in [0.25, 0.3) is 22.6 Å². The summed E-state index contributed by atoms with van der Waals surface area (Å²) in [5.41, 5.74) is 4.92. The molecule has 0 N–H and O–H groups in total. The Balaban J connectivity index is 1.47. The summed E-state index contributed by atoms with van der Waals surface area (Å²) in [6, 6.07) is 18.7. The van der Waals surface area contributed by atoms with Crippen molar-refractivity contribution in [2.75, 3.05) is 13.1 Å². The van der Waals surface area contributed by atoms with E-state index in [2.05, 4.69) is 30.0 Å². The second-order valence-corrected chi connectivity index (χ2v) is 7.57. The summed E-state index contributed by atoms with van der Waals surface area (Å²) in [6.07, 6.45) is 3.54. The number of benzene rings is 2. The zero-order valence-electron chi connectivity index (χ0n) is 16.5. The lowest BCUT2D eigenvalue weighted by atomic mass is 10.0. The first kappa shape index (κ1) is 18.5. The molecule has 1 unspecified atom stereocenters. The molecule has 3 aromatic rings. The highest BCUT2D eigenvalue weighted by molar-refractivity contribution is 5.68. The van der Waals surface area contributed by atoms with Crippen molar-refractivity contribution in [2.45, 2.75) is 39.2 Å². The maximum absolute atomic E-state index is 8.93. The number of hydrogen-bond acceptors (Lipinski definition) is 4. The fourth-order valence-electron chi connectivity index (χ4n) is 3.90. The fourth-order valence-corrected chi connectivity index (χ4v) is 3.90. The number of oxazole rings is 1. The van der Waals surface area contributed by atoms with Crippen LogP contribution >= 0.6 is 0 Å². The van der Waals surface area contributed by atoms with E-state index in [9.17, 15) is 0 Å². The molecule has 1 saturated heterocycles. The Morgan fingerprint density at radius 3 is 2.32 bits per heavy atom. The average molecular weight is 371 g/mol. The van der Waals surface area contributed by atoms with E-state index in [0.29, 0.717) is 17.5 Å². The number of likely N-dealkylation sites (tertiary alicyclic amines) is 1. The third-order valence-corrected chi connectivity index (χ3v) is 5.70. The summed E-state index contributed by atoms with van der Waals surface area (Å²) in [5, 5.41) is 8.93. The average Bonchev–Trinajstić information content (AvgIpc) is 3.31. The molecule has 0 bridgehead atoms. The zero-order chi connectivity index (χ0) is 19.5. The maximum Gasteiger partial charge on any atom is 0.226 e. The molecule has 4 nitrogen and oxygen atoms in total. The van der Waals surface area contributed by atoms with Crippen molar-refractivity contribution >= 4 is 0 Å². The summed E-state index contributed by atoms with van der Waals surface area (Å²) in [5.74, 6) is 1.60. The highest BCUT2D eigenvalue weighted by Crippen LogP contribution is 2.27. The minimum atomic E-state index is 0.673. The van der Waals surface area contributed by atoms with Gasteiger partial charge >= 0.3 is 0 Å². The van der Waals surface area contributed by atoms with Crippen LogP contribution in [0.4, 0.5) is 0 Å². The van der Waals surface area contributed by atoms with E-state index < -0.39 is 0 Å². The van der Waals surface area contributed by atoms with Gasteiger partial charge < -0.3 is 9.32 Å². The van der Waals surface area contributed by atoms with Gasteiger partial charge in [-0.1, -0.05) is 24.3 Å². The fraction of sp³-hybridized carbons (Fsp3) is 0.333. The van der Waals surface area contributed by atoms with Crippen LogP contribution in [0.15, 0.2) is 52.9 Å². The van der Waals surface area contributed by atoms with Gasteiger partial charge in [0.15, 0.2) is 0 Å². The first-order valence-corrected chi connectivity index (χ1v) is 9.95. The standard InChI is InChI=1S/C24H25N3O/c1-17-4-3-14-27(17)15-13-23-18(2)28-24(26-23)22-11-9-21(10-12-22)20-7-5-19(16-25)6-8-20/h5-12,17H,3-4,13-15H2,1-2H3. The molecule has 1 fully saturated rings. The van der Waals surface area contributed by atoms with Crippen LogP contribution in [0.2, 0.25) is 0 Å². The monoisotopic (exact) mass is 371 g/mol. The lowest BCUT2D eigenvalue weighted by Gasteiger charge is -2.20. The van der Waals surface area contributed by atoms with Crippen molar-refractivity contribution in [1.29, 1.82) is 5.26 Å². The predicted octanol–water partition coefficient (Wildman–Crippen LogP) is 5.22. The molecule has 142 valence electrons. The molecule has 2 heterocycles. The molecular weight excluding hydrogens is 346 g/mol. The van der Waals surface area contributed by atoms with Crippen molar-refractivity contribution in [1.82, 2.24) is 9.88 Å². The highest BCUT2D eigenvalue weighted by atomic mass is 16.4. The molecule has 0 amide bonds. The molecule has 1 aliphatic heterocycles. The molecule has 4 rings (SSSR count). The van der Waals surface area contributed by atoms with Crippen LogP contribution in [0.3, 0.4) is 0 Å². The van der Waals surface area contributed by atoms with Crippen molar-refractivity contribution in [2.24, 2.45) is 0 Å². The van der Waals surface area contributed by atoms with Crippen molar-refractivity contribution in [3.05, 3.63) is 65.5 Å². The van der Waals surface area contributed by atoms with E-state index in [0.717, 1.165) is 41.1 Å². The van der Waals surface area contributed by atoms with E-state index in [1.165, 1.54) is 19.4 Å². The van der Waals surface area contributed by atoms with Crippen LogP contribution in [0.1, 0.15) is 36.8 Å². The second-order valence-electron chi connectivity index (χ2n) is 7.57. The molecule has 28 heavy (non-hydrogen) atoms. The van der Waals surface area contributed by atoms with Crippen molar-refractivity contribution in [3.8, 4) is 28.7 Å². The van der Waals surface area contributed by atoms with E-state index in [4.69, 9.17) is 14.7 Å². The van der Waals surface area contributed by atoms with Crippen LogP contribution in [0.5, 0.6) is 0 Å². The Bertz CT molecular complexity index is 980. The largest absolute Gasteiger partial charge is 0.441 e. The summed E-state index contributed by atoms with van der Waals surface area (Å²) in [7, 11) is 0. The maximum atomic E-state index is 8.93. The number of nitrogens with zero attached hydrogens (tertiary/aromatic N) is 3. The van der Waals surface area contributed by atoms with Gasteiger partial charge in [0.25, 0.3) is 0 Å². The Labute approximate surface area is 166 Å². The summed E-state index contributed by atoms with van der Waals surface area (Å²) >= 11 is 0. The number of aryl methyl sites for hydroxylation is 1. The first-order chi connectivity index (χ1) is 13.6. The lowest BCUT2D eigenvalue weighted by Crippen LogP contribution is -2.29. The smallest absolute Gasteiger partial charge is 0.226 e. The van der Waals surface area contributed by atoms with Crippen molar-refractivity contribution in [3.63, 3.8) is 0 Å². The molecule has 1 aliphatic rings. The highest BCUT2D eigenvalue weighted by Gasteiger charge is 2.21. The number of rotatable bonds is 5. The van der Waals surface area contributed by atoms with E-state index in [1.807, 2.05) is 43.3 Å². The molecular formula is C24H25N3O.